The monoisotopic (exact) mass is 274 g/mol. The van der Waals surface area contributed by atoms with Crippen LogP contribution in [0.4, 0.5) is 13.2 Å². The number of aromatic nitrogens is 1. The van der Waals surface area contributed by atoms with Crippen LogP contribution in [0, 0.1) is 5.92 Å². The summed E-state index contributed by atoms with van der Waals surface area (Å²) in [6, 6.07) is 2.49. The standard InChI is InChI=1S/C13H17F3N2O/c1-9-2-4-11(17-6-9)8-19-12-5-3-10(7-18-12)13(14,15)16/h3,5,7,9,11,17H,2,4,6,8H2,1H3/t9-,11-/m0/s1. The molecule has 0 radical (unpaired) electrons. The Hall–Kier alpha value is -1.30. The number of hydrogen-bond acceptors (Lipinski definition) is 3. The zero-order valence-corrected chi connectivity index (χ0v) is 10.7. The van der Waals surface area contributed by atoms with Crippen LogP contribution >= 0.6 is 0 Å². The van der Waals surface area contributed by atoms with Gasteiger partial charge in [0.2, 0.25) is 5.88 Å². The first-order valence-electron chi connectivity index (χ1n) is 6.34. The number of rotatable bonds is 3. The fourth-order valence-electron chi connectivity index (χ4n) is 2.02. The molecule has 1 saturated heterocycles. The van der Waals surface area contributed by atoms with Gasteiger partial charge in [-0.3, -0.25) is 0 Å². The van der Waals surface area contributed by atoms with Gasteiger partial charge < -0.3 is 10.1 Å². The predicted octanol–water partition coefficient (Wildman–Crippen LogP) is 2.87. The Bertz CT molecular complexity index is 397. The van der Waals surface area contributed by atoms with Crippen molar-refractivity contribution in [2.45, 2.75) is 32.0 Å². The molecular weight excluding hydrogens is 257 g/mol. The molecule has 0 amide bonds. The molecule has 0 aliphatic carbocycles. The van der Waals surface area contributed by atoms with E-state index >= 15 is 0 Å². The van der Waals surface area contributed by atoms with Gasteiger partial charge in [-0.15, -0.1) is 0 Å². The molecular formula is C13H17F3N2O. The number of piperidine rings is 1. The minimum Gasteiger partial charge on any atom is -0.476 e. The summed E-state index contributed by atoms with van der Waals surface area (Å²) >= 11 is 0. The van der Waals surface area contributed by atoms with Crippen molar-refractivity contribution in [1.29, 1.82) is 0 Å². The fourth-order valence-corrected chi connectivity index (χ4v) is 2.02. The molecule has 2 rings (SSSR count). The predicted molar refractivity (Wildman–Crippen MR) is 64.9 cm³/mol. The number of halogens is 3. The van der Waals surface area contributed by atoms with E-state index in [9.17, 15) is 13.2 Å². The van der Waals surface area contributed by atoms with Crippen molar-refractivity contribution in [3.63, 3.8) is 0 Å². The van der Waals surface area contributed by atoms with Crippen molar-refractivity contribution in [3.05, 3.63) is 23.9 Å². The molecule has 6 heteroatoms. The van der Waals surface area contributed by atoms with Gasteiger partial charge in [0.05, 0.1) is 5.56 Å². The lowest BCUT2D eigenvalue weighted by atomic mass is 9.97. The Kier molecular flexibility index (Phi) is 4.29. The lowest BCUT2D eigenvalue weighted by Crippen LogP contribution is -2.41. The summed E-state index contributed by atoms with van der Waals surface area (Å²) in [6.07, 6.45) is -1.40. The van der Waals surface area contributed by atoms with Crippen LogP contribution in [0.5, 0.6) is 5.88 Å². The van der Waals surface area contributed by atoms with Crippen LogP contribution in [0.1, 0.15) is 25.3 Å². The van der Waals surface area contributed by atoms with Crippen LogP contribution in [-0.4, -0.2) is 24.2 Å². The van der Waals surface area contributed by atoms with Gasteiger partial charge >= 0.3 is 6.18 Å². The number of pyridine rings is 1. The third-order valence-electron chi connectivity index (χ3n) is 3.26. The smallest absolute Gasteiger partial charge is 0.417 e. The summed E-state index contributed by atoms with van der Waals surface area (Å²) in [7, 11) is 0. The van der Waals surface area contributed by atoms with Crippen molar-refractivity contribution in [2.24, 2.45) is 5.92 Å². The van der Waals surface area contributed by atoms with Crippen molar-refractivity contribution in [3.8, 4) is 5.88 Å². The number of ether oxygens (including phenoxy) is 1. The van der Waals surface area contributed by atoms with Gasteiger partial charge in [-0.05, 0) is 31.4 Å². The Balaban J connectivity index is 1.83. The quantitative estimate of drug-likeness (QED) is 0.920. The molecule has 0 unspecified atom stereocenters. The molecule has 106 valence electrons. The van der Waals surface area contributed by atoms with Gasteiger partial charge in [-0.25, -0.2) is 4.98 Å². The average Bonchev–Trinajstić information content (AvgIpc) is 2.37. The molecule has 1 fully saturated rings. The highest BCUT2D eigenvalue weighted by molar-refractivity contribution is 5.20. The molecule has 0 spiro atoms. The van der Waals surface area contributed by atoms with E-state index < -0.39 is 11.7 Å². The van der Waals surface area contributed by atoms with Crippen LogP contribution in [0.2, 0.25) is 0 Å². The summed E-state index contributed by atoms with van der Waals surface area (Å²) in [5.74, 6) is 0.897. The molecule has 19 heavy (non-hydrogen) atoms. The van der Waals surface area contributed by atoms with E-state index in [0.29, 0.717) is 12.5 Å². The van der Waals surface area contributed by atoms with Gasteiger partial charge in [0.25, 0.3) is 0 Å². The molecule has 3 nitrogen and oxygen atoms in total. The Morgan fingerprint density at radius 2 is 2.16 bits per heavy atom. The van der Waals surface area contributed by atoms with E-state index in [1.165, 1.54) is 6.07 Å². The van der Waals surface area contributed by atoms with Gasteiger partial charge in [0.1, 0.15) is 6.61 Å². The van der Waals surface area contributed by atoms with Crippen molar-refractivity contribution in [2.75, 3.05) is 13.2 Å². The summed E-state index contributed by atoms with van der Waals surface area (Å²) in [4.78, 5) is 3.67. The third kappa shape index (κ3) is 4.09. The molecule has 1 aromatic rings. The van der Waals surface area contributed by atoms with Gasteiger partial charge in [0, 0.05) is 18.3 Å². The maximum absolute atomic E-state index is 12.3. The summed E-state index contributed by atoms with van der Waals surface area (Å²) in [5.41, 5.74) is -0.760. The summed E-state index contributed by atoms with van der Waals surface area (Å²) < 4.78 is 42.4. The molecule has 1 aliphatic rings. The number of hydrogen-bond donors (Lipinski definition) is 1. The SMILES string of the molecule is C[C@H]1CC[C@@H](COc2ccc(C(F)(F)F)cn2)NC1. The topological polar surface area (TPSA) is 34.1 Å². The van der Waals surface area contributed by atoms with Crippen LogP contribution in [0.25, 0.3) is 0 Å². The Morgan fingerprint density at radius 1 is 1.37 bits per heavy atom. The highest BCUT2D eigenvalue weighted by atomic mass is 19.4. The van der Waals surface area contributed by atoms with E-state index in [1.807, 2.05) is 0 Å². The molecule has 1 N–H and O–H groups in total. The maximum atomic E-state index is 12.3. The molecule has 1 aromatic heterocycles. The molecule has 0 aromatic carbocycles. The van der Waals surface area contributed by atoms with Crippen molar-refractivity contribution >= 4 is 0 Å². The van der Waals surface area contributed by atoms with E-state index in [0.717, 1.165) is 31.6 Å². The second-order valence-corrected chi connectivity index (χ2v) is 4.98. The second kappa shape index (κ2) is 5.77. The van der Waals surface area contributed by atoms with E-state index in [4.69, 9.17) is 4.74 Å². The number of alkyl halides is 3. The summed E-state index contributed by atoms with van der Waals surface area (Å²) in [5, 5.41) is 3.34. The van der Waals surface area contributed by atoms with Crippen LogP contribution in [0.15, 0.2) is 18.3 Å². The van der Waals surface area contributed by atoms with E-state index in [1.54, 1.807) is 0 Å². The van der Waals surface area contributed by atoms with Gasteiger partial charge in [0.15, 0.2) is 0 Å². The van der Waals surface area contributed by atoms with Gasteiger partial charge in [-0.2, -0.15) is 13.2 Å². The molecule has 1 aliphatic heterocycles. The first-order chi connectivity index (χ1) is 8.95. The molecule has 2 atom stereocenters. The van der Waals surface area contributed by atoms with Crippen molar-refractivity contribution < 1.29 is 17.9 Å². The average molecular weight is 274 g/mol. The van der Waals surface area contributed by atoms with Crippen LogP contribution in [0.3, 0.4) is 0 Å². The van der Waals surface area contributed by atoms with E-state index in [-0.39, 0.29) is 11.9 Å². The molecule has 2 heterocycles. The minimum atomic E-state index is -4.35. The highest BCUT2D eigenvalue weighted by Crippen LogP contribution is 2.29. The lowest BCUT2D eigenvalue weighted by molar-refractivity contribution is -0.137. The molecule has 0 saturated carbocycles. The third-order valence-corrected chi connectivity index (χ3v) is 3.26. The maximum Gasteiger partial charge on any atom is 0.417 e. The Labute approximate surface area is 110 Å². The first kappa shape index (κ1) is 14.1. The molecule has 0 bridgehead atoms. The lowest BCUT2D eigenvalue weighted by Gasteiger charge is -2.27. The Morgan fingerprint density at radius 3 is 2.68 bits per heavy atom. The zero-order chi connectivity index (χ0) is 13.9. The second-order valence-electron chi connectivity index (χ2n) is 4.98. The zero-order valence-electron chi connectivity index (χ0n) is 10.7. The van der Waals surface area contributed by atoms with Crippen LogP contribution in [-0.2, 0) is 6.18 Å². The minimum absolute atomic E-state index is 0.230. The van der Waals surface area contributed by atoms with E-state index in [2.05, 4.69) is 17.2 Å². The fraction of sp³-hybridized carbons (Fsp3) is 0.615. The number of nitrogens with one attached hydrogen (secondary N) is 1. The van der Waals surface area contributed by atoms with Gasteiger partial charge in [-0.1, -0.05) is 6.92 Å². The number of nitrogens with zero attached hydrogens (tertiary/aromatic N) is 1. The first-order valence-corrected chi connectivity index (χ1v) is 6.34. The largest absolute Gasteiger partial charge is 0.476 e. The van der Waals surface area contributed by atoms with Crippen LogP contribution < -0.4 is 10.1 Å². The summed E-state index contributed by atoms with van der Waals surface area (Å²) in [6.45, 7) is 3.57. The normalized spacial score (nSPS) is 24.2. The highest BCUT2D eigenvalue weighted by Gasteiger charge is 2.30. The van der Waals surface area contributed by atoms with Crippen molar-refractivity contribution in [1.82, 2.24) is 10.3 Å².